The number of carbonyl (C=O) groups is 1. The molecule has 134 valence electrons. The minimum absolute atomic E-state index is 0.297. The Balaban J connectivity index is 1.81. The van der Waals surface area contributed by atoms with E-state index in [1.165, 1.54) is 6.07 Å². The molecule has 3 rings (SSSR count). The summed E-state index contributed by atoms with van der Waals surface area (Å²) in [6, 6.07) is 5.00. The second-order valence-corrected chi connectivity index (χ2v) is 7.18. The van der Waals surface area contributed by atoms with Crippen LogP contribution < -0.4 is 5.73 Å². The minimum atomic E-state index is -0.542. The molecule has 6 nitrogen and oxygen atoms in total. The maximum absolute atomic E-state index is 14.2. The molecule has 0 saturated heterocycles. The molecule has 2 N–H and O–H groups in total. The average molecular weight is 346 g/mol. The number of halogens is 1. The van der Waals surface area contributed by atoms with Gasteiger partial charge in [-0.3, -0.25) is 4.90 Å². The lowest BCUT2D eigenvalue weighted by atomic mass is 10.1. The predicted octanol–water partition coefficient (Wildman–Crippen LogP) is 2.76. The summed E-state index contributed by atoms with van der Waals surface area (Å²) in [4.78, 5) is 13.9. The molecule has 0 bridgehead atoms. The Bertz CT molecular complexity index is 795. The van der Waals surface area contributed by atoms with Gasteiger partial charge in [-0.1, -0.05) is 6.07 Å². The highest BCUT2D eigenvalue weighted by Gasteiger charge is 2.30. The molecule has 7 heteroatoms. The molecule has 2 aromatic rings. The van der Waals surface area contributed by atoms with Gasteiger partial charge in [0, 0.05) is 5.56 Å². The average Bonchev–Trinajstić information content (AvgIpc) is 3.08. The monoisotopic (exact) mass is 346 g/mol. The molecule has 2 heterocycles. The number of ether oxygens (including phenoxy) is 1. The van der Waals surface area contributed by atoms with E-state index < -0.39 is 5.60 Å². The third-order valence-corrected chi connectivity index (χ3v) is 4.00. The van der Waals surface area contributed by atoms with E-state index in [0.717, 1.165) is 11.3 Å². The van der Waals surface area contributed by atoms with Gasteiger partial charge in [0.1, 0.15) is 11.4 Å². The van der Waals surface area contributed by atoms with Crippen molar-refractivity contribution in [3.05, 3.63) is 47.0 Å². The first-order chi connectivity index (χ1) is 11.8. The molecule has 1 amide bonds. The lowest BCUT2D eigenvalue weighted by Gasteiger charge is -2.24. The number of carbonyl (C=O) groups excluding carboxylic acids is 1. The van der Waals surface area contributed by atoms with Crippen molar-refractivity contribution in [2.75, 3.05) is 6.54 Å². The van der Waals surface area contributed by atoms with Crippen LogP contribution in [0.4, 0.5) is 9.18 Å². The van der Waals surface area contributed by atoms with Gasteiger partial charge in [-0.25, -0.2) is 13.9 Å². The zero-order valence-electron chi connectivity index (χ0n) is 14.8. The SMILES string of the molecule is CC(C)(C)OC(=O)N1Cc2cnn(-c3ccc(CCN)c(F)c3)c2C1. The zero-order chi connectivity index (χ0) is 18.2. The summed E-state index contributed by atoms with van der Waals surface area (Å²) in [5.41, 5.74) is 7.98. The molecule has 0 radical (unpaired) electrons. The van der Waals surface area contributed by atoms with Crippen LogP contribution in [0.15, 0.2) is 24.4 Å². The summed E-state index contributed by atoms with van der Waals surface area (Å²) in [5, 5.41) is 4.34. The van der Waals surface area contributed by atoms with Gasteiger partial charge in [-0.15, -0.1) is 0 Å². The number of hydrogen-bond donors (Lipinski definition) is 1. The van der Waals surface area contributed by atoms with Crippen molar-refractivity contribution in [1.29, 1.82) is 0 Å². The number of nitrogens with two attached hydrogens (primary N) is 1. The van der Waals surface area contributed by atoms with E-state index in [-0.39, 0.29) is 11.9 Å². The van der Waals surface area contributed by atoms with E-state index in [4.69, 9.17) is 10.5 Å². The molecular weight excluding hydrogens is 323 g/mol. The normalized spacial score (nSPS) is 13.9. The largest absolute Gasteiger partial charge is 0.444 e. The molecule has 1 aromatic carbocycles. The van der Waals surface area contributed by atoms with Gasteiger partial charge in [-0.2, -0.15) is 5.10 Å². The standard InChI is InChI=1S/C18H23FN4O2/c1-18(2,3)25-17(24)22-10-13-9-21-23(16(13)11-22)14-5-4-12(6-7-20)15(19)8-14/h4-5,8-9H,6-7,10-11,20H2,1-3H3. The first kappa shape index (κ1) is 17.4. The van der Waals surface area contributed by atoms with Crippen LogP contribution in [0, 0.1) is 5.82 Å². The van der Waals surface area contributed by atoms with Crippen molar-refractivity contribution in [1.82, 2.24) is 14.7 Å². The number of fused-ring (bicyclic) bond motifs is 1. The number of aromatic nitrogens is 2. The molecule has 25 heavy (non-hydrogen) atoms. The summed E-state index contributed by atoms with van der Waals surface area (Å²) in [7, 11) is 0. The quantitative estimate of drug-likeness (QED) is 0.927. The molecule has 0 aliphatic carbocycles. The lowest BCUT2D eigenvalue weighted by Crippen LogP contribution is -2.33. The van der Waals surface area contributed by atoms with Crippen molar-refractivity contribution in [2.45, 2.75) is 45.9 Å². The number of benzene rings is 1. The molecule has 1 aromatic heterocycles. The smallest absolute Gasteiger partial charge is 0.410 e. The van der Waals surface area contributed by atoms with Crippen LogP contribution in [-0.4, -0.2) is 32.9 Å². The third-order valence-electron chi connectivity index (χ3n) is 4.00. The fourth-order valence-electron chi connectivity index (χ4n) is 2.85. The molecular formula is C18H23FN4O2. The van der Waals surface area contributed by atoms with Gasteiger partial charge >= 0.3 is 6.09 Å². The topological polar surface area (TPSA) is 73.4 Å². The van der Waals surface area contributed by atoms with E-state index in [1.807, 2.05) is 26.8 Å². The summed E-state index contributed by atoms with van der Waals surface area (Å²) in [6.07, 6.45) is 1.85. The van der Waals surface area contributed by atoms with E-state index in [0.29, 0.717) is 37.3 Å². The van der Waals surface area contributed by atoms with Gasteiger partial charge in [0.15, 0.2) is 0 Å². The molecule has 1 aliphatic rings. The van der Waals surface area contributed by atoms with E-state index in [1.54, 1.807) is 21.8 Å². The highest BCUT2D eigenvalue weighted by Crippen LogP contribution is 2.27. The van der Waals surface area contributed by atoms with Crippen LogP contribution >= 0.6 is 0 Å². The maximum atomic E-state index is 14.2. The lowest BCUT2D eigenvalue weighted by molar-refractivity contribution is 0.0239. The van der Waals surface area contributed by atoms with Gasteiger partial charge in [-0.05, 0) is 51.4 Å². The van der Waals surface area contributed by atoms with Gasteiger partial charge in [0.2, 0.25) is 0 Å². The van der Waals surface area contributed by atoms with Crippen LogP contribution in [-0.2, 0) is 24.2 Å². The van der Waals surface area contributed by atoms with Gasteiger partial charge in [0.25, 0.3) is 0 Å². The third kappa shape index (κ3) is 3.66. The Kier molecular flexibility index (Phi) is 4.51. The predicted molar refractivity (Wildman–Crippen MR) is 91.8 cm³/mol. The maximum Gasteiger partial charge on any atom is 0.410 e. The Labute approximate surface area is 146 Å². The van der Waals surface area contributed by atoms with Gasteiger partial charge < -0.3 is 10.5 Å². The summed E-state index contributed by atoms with van der Waals surface area (Å²) >= 11 is 0. The summed E-state index contributed by atoms with van der Waals surface area (Å²) in [6.45, 7) is 6.73. The summed E-state index contributed by atoms with van der Waals surface area (Å²) < 4.78 is 21.3. The molecule has 0 fully saturated rings. The number of rotatable bonds is 3. The van der Waals surface area contributed by atoms with Crippen LogP contribution in [0.25, 0.3) is 5.69 Å². The summed E-state index contributed by atoms with van der Waals surface area (Å²) in [5.74, 6) is -0.297. The van der Waals surface area contributed by atoms with Crippen LogP contribution in [0.2, 0.25) is 0 Å². The number of amides is 1. The zero-order valence-corrected chi connectivity index (χ0v) is 14.8. The molecule has 0 atom stereocenters. The van der Waals surface area contributed by atoms with E-state index >= 15 is 0 Å². The fraction of sp³-hybridized carbons (Fsp3) is 0.444. The van der Waals surface area contributed by atoms with Crippen molar-refractivity contribution in [3.63, 3.8) is 0 Å². The second kappa shape index (κ2) is 6.48. The van der Waals surface area contributed by atoms with Crippen LogP contribution in [0.3, 0.4) is 0 Å². The van der Waals surface area contributed by atoms with Crippen molar-refractivity contribution in [2.24, 2.45) is 5.73 Å². The van der Waals surface area contributed by atoms with Crippen molar-refractivity contribution < 1.29 is 13.9 Å². The Morgan fingerprint density at radius 3 is 2.76 bits per heavy atom. The first-order valence-electron chi connectivity index (χ1n) is 8.31. The van der Waals surface area contributed by atoms with E-state index in [2.05, 4.69) is 5.10 Å². The molecule has 0 saturated carbocycles. The molecule has 1 aliphatic heterocycles. The Hall–Kier alpha value is -2.41. The van der Waals surface area contributed by atoms with E-state index in [9.17, 15) is 9.18 Å². The highest BCUT2D eigenvalue weighted by atomic mass is 19.1. The van der Waals surface area contributed by atoms with Gasteiger partial charge in [0.05, 0.1) is 30.7 Å². The van der Waals surface area contributed by atoms with Crippen LogP contribution in [0.1, 0.15) is 37.6 Å². The fourth-order valence-corrected chi connectivity index (χ4v) is 2.85. The number of nitrogens with zero attached hydrogens (tertiary/aromatic N) is 3. The molecule has 0 spiro atoms. The first-order valence-corrected chi connectivity index (χ1v) is 8.31. The Morgan fingerprint density at radius 2 is 2.12 bits per heavy atom. The number of hydrogen-bond acceptors (Lipinski definition) is 4. The Morgan fingerprint density at radius 1 is 1.36 bits per heavy atom. The second-order valence-electron chi connectivity index (χ2n) is 7.18. The van der Waals surface area contributed by atoms with Crippen LogP contribution in [0.5, 0.6) is 0 Å². The minimum Gasteiger partial charge on any atom is -0.444 e. The highest BCUT2D eigenvalue weighted by molar-refractivity contribution is 5.69. The van der Waals surface area contributed by atoms with Crippen molar-refractivity contribution >= 4 is 6.09 Å². The molecule has 0 unspecified atom stereocenters. The van der Waals surface area contributed by atoms with Crippen molar-refractivity contribution in [3.8, 4) is 5.69 Å².